The van der Waals surface area contributed by atoms with Crippen LogP contribution in [0.4, 0.5) is 11.4 Å². The first kappa shape index (κ1) is 19.8. The highest BCUT2D eigenvalue weighted by Gasteiger charge is 2.21. The normalized spacial score (nSPS) is 10.6. The number of nitrogens with two attached hydrogens (primary N) is 2. The van der Waals surface area contributed by atoms with E-state index >= 15 is 0 Å². The minimum atomic E-state index is -0.491. The minimum absolute atomic E-state index is 0.0673. The van der Waals surface area contributed by atoms with Gasteiger partial charge < -0.3 is 11.1 Å². The highest BCUT2D eigenvalue weighted by atomic mass is 35.5. The van der Waals surface area contributed by atoms with Gasteiger partial charge in [0, 0.05) is 17.8 Å². The monoisotopic (exact) mass is 418 g/mol. The number of halogens is 2. The summed E-state index contributed by atoms with van der Waals surface area (Å²) in [5.41, 5.74) is 7.00. The van der Waals surface area contributed by atoms with Crippen LogP contribution in [0, 0.1) is 0 Å². The number of benzene rings is 1. The summed E-state index contributed by atoms with van der Waals surface area (Å²) < 4.78 is 1.49. The van der Waals surface area contributed by atoms with Crippen molar-refractivity contribution in [3.05, 3.63) is 70.1 Å². The molecule has 0 spiro atoms. The van der Waals surface area contributed by atoms with Crippen LogP contribution in [0.5, 0.6) is 0 Å². The number of nitrogens with zero attached hydrogens (tertiary/aromatic N) is 3. The first-order valence-corrected chi connectivity index (χ1v) is 8.83. The summed E-state index contributed by atoms with van der Waals surface area (Å²) in [6.45, 7) is 0.0673. The van der Waals surface area contributed by atoms with E-state index < -0.39 is 5.91 Å². The number of carbonyl (C=O) groups excluding carboxylic acids is 2. The van der Waals surface area contributed by atoms with Crippen molar-refractivity contribution >= 4 is 46.9 Å². The van der Waals surface area contributed by atoms with Crippen molar-refractivity contribution in [2.45, 2.75) is 6.54 Å². The largest absolute Gasteiger partial charge is 0.326 e. The molecule has 0 radical (unpaired) electrons. The molecule has 1 aromatic carbocycles. The second kappa shape index (κ2) is 8.41. The third kappa shape index (κ3) is 3.85. The van der Waals surface area contributed by atoms with E-state index in [9.17, 15) is 9.59 Å². The molecule has 2 amide bonds. The average Bonchev–Trinajstić information content (AvgIpc) is 3.10. The van der Waals surface area contributed by atoms with Crippen molar-refractivity contribution in [3.8, 4) is 5.82 Å². The van der Waals surface area contributed by atoms with Crippen molar-refractivity contribution in [2.24, 2.45) is 11.6 Å². The molecule has 3 rings (SSSR count). The Hall–Kier alpha value is -2.91. The highest BCUT2D eigenvalue weighted by Crippen LogP contribution is 2.32. The first-order valence-electron chi connectivity index (χ1n) is 8.08. The SMILES string of the molecule is NCc1cc(Cl)cc(N(N)C=O)c1NC(=O)c1ccc(Cl)n1-c1ccccn1. The number of pyridine rings is 1. The second-order valence-electron chi connectivity index (χ2n) is 5.69. The zero-order valence-electron chi connectivity index (χ0n) is 14.5. The lowest BCUT2D eigenvalue weighted by molar-refractivity contribution is -0.107. The van der Waals surface area contributed by atoms with E-state index in [4.69, 9.17) is 34.8 Å². The lowest BCUT2D eigenvalue weighted by Gasteiger charge is -2.20. The Morgan fingerprint density at radius 3 is 2.68 bits per heavy atom. The molecule has 0 bridgehead atoms. The Balaban J connectivity index is 2.05. The van der Waals surface area contributed by atoms with Gasteiger partial charge >= 0.3 is 0 Å². The van der Waals surface area contributed by atoms with E-state index in [1.165, 1.54) is 10.6 Å². The molecule has 144 valence electrons. The molecule has 2 aromatic heterocycles. The zero-order chi connectivity index (χ0) is 20.3. The highest BCUT2D eigenvalue weighted by molar-refractivity contribution is 6.31. The van der Waals surface area contributed by atoms with Crippen LogP contribution in [0.3, 0.4) is 0 Å². The fourth-order valence-electron chi connectivity index (χ4n) is 2.70. The molecular formula is C18H16Cl2N6O2. The van der Waals surface area contributed by atoms with Crippen LogP contribution in [0.15, 0.2) is 48.7 Å². The third-order valence-corrected chi connectivity index (χ3v) is 4.47. The Bertz CT molecular complexity index is 1020. The zero-order valence-corrected chi connectivity index (χ0v) is 16.0. The lowest BCUT2D eigenvalue weighted by Crippen LogP contribution is -2.31. The van der Waals surface area contributed by atoms with E-state index in [2.05, 4.69) is 10.3 Å². The van der Waals surface area contributed by atoms with Gasteiger partial charge in [0.05, 0.1) is 11.4 Å². The predicted octanol–water partition coefficient (Wildman–Crippen LogP) is 2.73. The molecule has 0 unspecified atom stereocenters. The molecule has 0 aliphatic rings. The quantitative estimate of drug-likeness (QED) is 0.246. The number of hydrazine groups is 1. The number of hydrogen-bond acceptors (Lipinski definition) is 5. The van der Waals surface area contributed by atoms with Crippen LogP contribution in [0.2, 0.25) is 10.2 Å². The molecule has 3 aromatic rings. The Kier molecular flexibility index (Phi) is 5.96. The molecule has 5 N–H and O–H groups in total. The van der Waals surface area contributed by atoms with Gasteiger partial charge in [0.1, 0.15) is 16.7 Å². The van der Waals surface area contributed by atoms with Gasteiger partial charge in [-0.05, 0) is 42.0 Å². The van der Waals surface area contributed by atoms with Gasteiger partial charge in [0.25, 0.3) is 5.91 Å². The summed E-state index contributed by atoms with van der Waals surface area (Å²) in [5, 5.41) is 4.20. The molecule has 10 heteroatoms. The number of nitrogens with one attached hydrogen (secondary N) is 1. The maximum Gasteiger partial charge on any atom is 0.272 e. The summed E-state index contributed by atoms with van der Waals surface area (Å²) in [4.78, 5) is 28.4. The number of hydrogen-bond donors (Lipinski definition) is 3. The van der Waals surface area contributed by atoms with Crippen molar-refractivity contribution in [1.82, 2.24) is 9.55 Å². The summed E-state index contributed by atoms with van der Waals surface area (Å²) in [7, 11) is 0. The number of carbonyl (C=O) groups is 2. The number of anilines is 2. The van der Waals surface area contributed by atoms with Crippen LogP contribution >= 0.6 is 23.2 Å². The number of rotatable bonds is 6. The molecular weight excluding hydrogens is 403 g/mol. The van der Waals surface area contributed by atoms with Crippen molar-refractivity contribution in [2.75, 3.05) is 10.3 Å². The molecule has 28 heavy (non-hydrogen) atoms. The van der Waals surface area contributed by atoms with Gasteiger partial charge in [-0.2, -0.15) is 0 Å². The van der Waals surface area contributed by atoms with E-state index in [0.717, 1.165) is 5.01 Å². The van der Waals surface area contributed by atoms with Crippen LogP contribution in [-0.4, -0.2) is 21.9 Å². The van der Waals surface area contributed by atoms with Gasteiger partial charge in [-0.1, -0.05) is 29.3 Å². The number of aromatic nitrogens is 2. The average molecular weight is 419 g/mol. The van der Waals surface area contributed by atoms with E-state index in [1.54, 1.807) is 42.6 Å². The molecule has 2 heterocycles. The smallest absolute Gasteiger partial charge is 0.272 e. The predicted molar refractivity (Wildman–Crippen MR) is 109 cm³/mol. The van der Waals surface area contributed by atoms with Crippen molar-refractivity contribution in [1.29, 1.82) is 0 Å². The Labute approximate surface area is 170 Å². The summed E-state index contributed by atoms with van der Waals surface area (Å²) in [5.74, 6) is 5.69. The summed E-state index contributed by atoms with van der Waals surface area (Å²) in [6, 6.07) is 11.4. The molecule has 0 saturated carbocycles. The third-order valence-electron chi connectivity index (χ3n) is 3.96. The maximum atomic E-state index is 13.0. The molecule has 0 saturated heterocycles. The fraction of sp³-hybridized carbons (Fsp3) is 0.0556. The molecule has 0 aliphatic carbocycles. The van der Waals surface area contributed by atoms with Crippen LogP contribution in [0.1, 0.15) is 16.1 Å². The molecule has 8 nitrogen and oxygen atoms in total. The second-order valence-corrected chi connectivity index (χ2v) is 6.52. The van der Waals surface area contributed by atoms with E-state index in [1.807, 2.05) is 0 Å². The summed E-state index contributed by atoms with van der Waals surface area (Å²) in [6.07, 6.45) is 1.99. The van der Waals surface area contributed by atoms with Crippen LogP contribution in [-0.2, 0) is 11.3 Å². The van der Waals surface area contributed by atoms with E-state index in [-0.39, 0.29) is 23.6 Å². The van der Waals surface area contributed by atoms with Gasteiger partial charge in [0.15, 0.2) is 0 Å². The Morgan fingerprint density at radius 1 is 1.25 bits per heavy atom. The molecule has 0 atom stereocenters. The van der Waals surface area contributed by atoms with Gasteiger partial charge in [0.2, 0.25) is 6.41 Å². The lowest BCUT2D eigenvalue weighted by atomic mass is 10.1. The van der Waals surface area contributed by atoms with Crippen molar-refractivity contribution < 1.29 is 9.59 Å². The summed E-state index contributed by atoms with van der Waals surface area (Å²) >= 11 is 12.3. The topological polar surface area (TPSA) is 119 Å². The van der Waals surface area contributed by atoms with Gasteiger partial charge in [-0.15, -0.1) is 0 Å². The van der Waals surface area contributed by atoms with E-state index in [0.29, 0.717) is 28.0 Å². The molecule has 0 aliphatic heterocycles. The van der Waals surface area contributed by atoms with Crippen LogP contribution in [0.25, 0.3) is 5.82 Å². The number of amides is 2. The van der Waals surface area contributed by atoms with Crippen molar-refractivity contribution in [3.63, 3.8) is 0 Å². The molecule has 0 fully saturated rings. The fourth-order valence-corrected chi connectivity index (χ4v) is 3.17. The first-order chi connectivity index (χ1) is 13.5. The van der Waals surface area contributed by atoms with Gasteiger partial charge in [-0.3, -0.25) is 14.2 Å². The maximum absolute atomic E-state index is 13.0. The Morgan fingerprint density at radius 2 is 2.04 bits per heavy atom. The standard InChI is InChI=1S/C18H16Cl2N6O2/c19-12-7-11(9-21)17(14(8-12)25(22)10-27)24-18(28)13-4-5-15(20)26(13)16-3-1-2-6-23-16/h1-8,10H,9,21-22H2,(H,24,28). The van der Waals surface area contributed by atoms with Gasteiger partial charge in [-0.25, -0.2) is 15.8 Å². The van der Waals surface area contributed by atoms with Crippen LogP contribution < -0.4 is 21.9 Å². The minimum Gasteiger partial charge on any atom is -0.326 e.